The van der Waals surface area contributed by atoms with Crippen LogP contribution < -0.4 is 5.32 Å². The van der Waals surface area contributed by atoms with Gasteiger partial charge in [-0.1, -0.05) is 31.2 Å². The normalized spacial score (nSPS) is 11.0. The van der Waals surface area contributed by atoms with E-state index in [1.54, 1.807) is 0 Å². The zero-order chi connectivity index (χ0) is 18.4. The van der Waals surface area contributed by atoms with Crippen molar-refractivity contribution in [1.29, 1.82) is 0 Å². The molecule has 0 spiro atoms. The number of hydrogen-bond donors (Lipinski definition) is 1. The third-order valence-electron chi connectivity index (χ3n) is 3.53. The first-order valence-electron chi connectivity index (χ1n) is 8.84. The lowest BCUT2D eigenvalue weighted by Crippen LogP contribution is -2.17. The largest absolute Gasteiger partial charge is 0.462 e. The van der Waals surface area contributed by atoms with E-state index in [4.69, 9.17) is 0 Å². The molecule has 0 amide bonds. The fraction of sp³-hybridized carbons (Fsp3) is 0.650. The summed E-state index contributed by atoms with van der Waals surface area (Å²) in [5.74, 6) is 0. The molecule has 4 nitrogen and oxygen atoms in total. The van der Waals surface area contributed by atoms with Crippen LogP contribution in [0.15, 0.2) is 24.3 Å². The third-order valence-corrected chi connectivity index (χ3v) is 3.53. The van der Waals surface area contributed by atoms with Crippen molar-refractivity contribution < 1.29 is 9.53 Å². The maximum Gasteiger partial charge on any atom is 0.293 e. The van der Waals surface area contributed by atoms with Crippen LogP contribution >= 0.6 is 0 Å². The van der Waals surface area contributed by atoms with Gasteiger partial charge >= 0.3 is 0 Å². The minimum atomic E-state index is -0.318. The molecule has 0 aliphatic rings. The van der Waals surface area contributed by atoms with Crippen LogP contribution in [0.5, 0.6) is 0 Å². The topological polar surface area (TPSA) is 41.6 Å². The first-order valence-corrected chi connectivity index (χ1v) is 8.84. The molecule has 1 rings (SSSR count). The summed E-state index contributed by atoms with van der Waals surface area (Å²) in [6.07, 6.45) is 3.73. The van der Waals surface area contributed by atoms with Gasteiger partial charge in [-0.2, -0.15) is 0 Å². The van der Waals surface area contributed by atoms with Gasteiger partial charge in [-0.05, 0) is 78.3 Å². The summed E-state index contributed by atoms with van der Waals surface area (Å²) >= 11 is 0. The average Bonchev–Trinajstić information content (AvgIpc) is 2.51. The van der Waals surface area contributed by atoms with Crippen LogP contribution in [0.3, 0.4) is 0 Å². The summed E-state index contributed by atoms with van der Waals surface area (Å²) in [6, 6.07) is 9.01. The number of carbonyl (C=O) groups excluding carboxylic acids is 1. The van der Waals surface area contributed by atoms with Gasteiger partial charge in [0.2, 0.25) is 0 Å². The molecule has 0 fully saturated rings. The highest BCUT2D eigenvalue weighted by Crippen LogP contribution is 2.10. The van der Waals surface area contributed by atoms with Gasteiger partial charge in [0.15, 0.2) is 0 Å². The first kappa shape index (κ1) is 22.6. The van der Waals surface area contributed by atoms with Crippen LogP contribution in [0.1, 0.15) is 51.7 Å². The molecule has 0 saturated carbocycles. The summed E-state index contributed by atoms with van der Waals surface area (Å²) in [4.78, 5) is 11.9. The number of carbonyl (C=O) groups is 1. The number of hydrogen-bond acceptors (Lipinski definition) is 4. The van der Waals surface area contributed by atoms with Crippen molar-refractivity contribution in [2.45, 2.75) is 59.1 Å². The highest BCUT2D eigenvalue weighted by atomic mass is 16.5. The van der Waals surface area contributed by atoms with E-state index in [1.807, 2.05) is 27.8 Å². The number of benzene rings is 1. The van der Waals surface area contributed by atoms with E-state index in [2.05, 4.69) is 53.2 Å². The standard InChI is InChI=1S/C15H26N2.C5H10O2/c1-4-17(3)13-15-10-7-9-14(12-15)8-5-6-11-16-2;1-5(2,3)7-4-6/h7,9-10,12,16H,4-6,8,11,13H2,1-3H3;4H,1-3H3. The van der Waals surface area contributed by atoms with Crippen LogP contribution in [0.2, 0.25) is 0 Å². The molecule has 0 atom stereocenters. The average molecular weight is 337 g/mol. The lowest BCUT2D eigenvalue weighted by molar-refractivity contribution is -0.138. The fourth-order valence-corrected chi connectivity index (χ4v) is 2.08. The van der Waals surface area contributed by atoms with Crippen molar-refractivity contribution in [2.24, 2.45) is 0 Å². The predicted octanol–water partition coefficient (Wildman–Crippen LogP) is 3.64. The monoisotopic (exact) mass is 336 g/mol. The maximum atomic E-state index is 9.60. The molecule has 1 N–H and O–H groups in total. The lowest BCUT2D eigenvalue weighted by Gasteiger charge is -2.14. The molecule has 138 valence electrons. The van der Waals surface area contributed by atoms with Crippen molar-refractivity contribution in [2.75, 3.05) is 27.2 Å². The van der Waals surface area contributed by atoms with E-state index in [9.17, 15) is 4.79 Å². The second kappa shape index (κ2) is 13.0. The van der Waals surface area contributed by atoms with Crippen LogP contribution in [-0.4, -0.2) is 44.2 Å². The molecule has 0 aliphatic carbocycles. The van der Waals surface area contributed by atoms with Crippen LogP contribution in [0, 0.1) is 0 Å². The Bertz CT molecular complexity index is 442. The molecule has 0 bridgehead atoms. The Morgan fingerprint density at radius 2 is 1.88 bits per heavy atom. The number of ether oxygens (including phenoxy) is 1. The number of unbranched alkanes of at least 4 members (excludes halogenated alkanes) is 1. The fourth-order valence-electron chi connectivity index (χ4n) is 2.08. The van der Waals surface area contributed by atoms with E-state index >= 15 is 0 Å². The van der Waals surface area contributed by atoms with Crippen molar-refractivity contribution in [1.82, 2.24) is 10.2 Å². The minimum absolute atomic E-state index is 0.318. The zero-order valence-electron chi connectivity index (χ0n) is 16.4. The maximum absolute atomic E-state index is 9.60. The Hall–Kier alpha value is -1.39. The highest BCUT2D eigenvalue weighted by molar-refractivity contribution is 5.37. The van der Waals surface area contributed by atoms with Crippen molar-refractivity contribution in [3.05, 3.63) is 35.4 Å². The molecular weight excluding hydrogens is 300 g/mol. The number of rotatable bonds is 9. The molecule has 0 aliphatic heterocycles. The molecule has 0 unspecified atom stereocenters. The number of nitrogens with zero attached hydrogens (tertiary/aromatic N) is 1. The van der Waals surface area contributed by atoms with E-state index < -0.39 is 0 Å². The molecule has 0 heterocycles. The molecule has 0 aromatic heterocycles. The second-order valence-corrected chi connectivity index (χ2v) is 7.04. The SMILES string of the molecule is CC(C)(C)OC=O.CCN(C)Cc1cccc(CCCCNC)c1. The Morgan fingerprint density at radius 1 is 1.21 bits per heavy atom. The van der Waals surface area contributed by atoms with Crippen LogP contribution in [-0.2, 0) is 22.5 Å². The van der Waals surface area contributed by atoms with Gasteiger partial charge in [0.05, 0.1) is 0 Å². The summed E-state index contributed by atoms with van der Waals surface area (Å²) in [7, 11) is 4.18. The summed E-state index contributed by atoms with van der Waals surface area (Å²) in [6.45, 7) is 11.4. The molecule has 0 saturated heterocycles. The van der Waals surface area contributed by atoms with E-state index in [0.29, 0.717) is 6.47 Å². The quantitative estimate of drug-likeness (QED) is 0.552. The summed E-state index contributed by atoms with van der Waals surface area (Å²) < 4.78 is 4.55. The summed E-state index contributed by atoms with van der Waals surface area (Å²) in [5, 5.41) is 3.19. The molecule has 1 aromatic carbocycles. The Labute approximate surface area is 148 Å². The van der Waals surface area contributed by atoms with Gasteiger partial charge in [-0.3, -0.25) is 4.79 Å². The van der Waals surface area contributed by atoms with Crippen molar-refractivity contribution in [3.8, 4) is 0 Å². The first-order chi connectivity index (χ1) is 11.3. The second-order valence-electron chi connectivity index (χ2n) is 7.04. The van der Waals surface area contributed by atoms with Crippen molar-refractivity contribution in [3.63, 3.8) is 0 Å². The molecule has 1 aromatic rings. The van der Waals surface area contributed by atoms with Gasteiger partial charge in [0.25, 0.3) is 6.47 Å². The van der Waals surface area contributed by atoms with Gasteiger partial charge in [0.1, 0.15) is 5.60 Å². The Morgan fingerprint density at radius 3 is 2.38 bits per heavy atom. The Kier molecular flexibility index (Phi) is 12.2. The molecule has 0 radical (unpaired) electrons. The smallest absolute Gasteiger partial charge is 0.293 e. The van der Waals surface area contributed by atoms with E-state index in [1.165, 1.54) is 30.4 Å². The molecular formula is C20H36N2O2. The number of aryl methyl sites for hydroxylation is 1. The van der Waals surface area contributed by atoms with Gasteiger partial charge < -0.3 is 15.0 Å². The van der Waals surface area contributed by atoms with Crippen LogP contribution in [0.4, 0.5) is 0 Å². The zero-order valence-corrected chi connectivity index (χ0v) is 16.4. The van der Waals surface area contributed by atoms with Crippen LogP contribution in [0.25, 0.3) is 0 Å². The van der Waals surface area contributed by atoms with Crippen molar-refractivity contribution >= 4 is 6.47 Å². The molecule has 24 heavy (non-hydrogen) atoms. The van der Waals surface area contributed by atoms with E-state index in [0.717, 1.165) is 19.6 Å². The minimum Gasteiger partial charge on any atom is -0.462 e. The number of nitrogens with one attached hydrogen (secondary N) is 1. The molecule has 4 heteroatoms. The predicted molar refractivity (Wildman–Crippen MR) is 102 cm³/mol. The lowest BCUT2D eigenvalue weighted by atomic mass is 10.0. The van der Waals surface area contributed by atoms with Gasteiger partial charge in [-0.15, -0.1) is 0 Å². The van der Waals surface area contributed by atoms with E-state index in [-0.39, 0.29) is 5.60 Å². The summed E-state index contributed by atoms with van der Waals surface area (Å²) in [5.41, 5.74) is 2.59. The van der Waals surface area contributed by atoms with Gasteiger partial charge in [-0.25, -0.2) is 0 Å². The highest BCUT2D eigenvalue weighted by Gasteiger charge is 2.07. The third kappa shape index (κ3) is 13.1. The van der Waals surface area contributed by atoms with Gasteiger partial charge in [0, 0.05) is 6.54 Å². The Balaban J connectivity index is 0.000000640.